The monoisotopic (exact) mass is 396 g/mol. The smallest absolute Gasteiger partial charge is 0.373 e. The summed E-state index contributed by atoms with van der Waals surface area (Å²) in [6.07, 6.45) is 1.50. The molecule has 0 saturated carbocycles. The van der Waals surface area contributed by atoms with E-state index >= 15 is 0 Å². The first-order valence-corrected chi connectivity index (χ1v) is 9.33. The Morgan fingerprint density at radius 3 is 2.79 bits per heavy atom. The van der Waals surface area contributed by atoms with Gasteiger partial charge in [0.05, 0.1) is 24.2 Å². The number of benzene rings is 1. The number of carbonyl (C=O) groups excluding carboxylic acids is 1. The number of hydrogen-bond donors (Lipinski definition) is 1. The normalized spacial score (nSPS) is 12.2. The molecule has 142 valence electrons. The van der Waals surface area contributed by atoms with Gasteiger partial charge in [-0.15, -0.1) is 0 Å². The molecule has 1 aromatic carbocycles. The van der Waals surface area contributed by atoms with Crippen LogP contribution in [0.1, 0.15) is 28.5 Å². The molecule has 28 heavy (non-hydrogen) atoms. The van der Waals surface area contributed by atoms with Crippen molar-refractivity contribution in [1.29, 1.82) is 0 Å². The van der Waals surface area contributed by atoms with E-state index in [1.807, 2.05) is 37.3 Å². The Kier molecular flexibility index (Phi) is 4.74. The molecule has 0 radical (unpaired) electrons. The summed E-state index contributed by atoms with van der Waals surface area (Å²) in [7, 11) is 1.29. The maximum absolute atomic E-state index is 12.4. The number of furan rings is 1. The number of thioether (sulfide) groups is 1. The summed E-state index contributed by atoms with van der Waals surface area (Å²) in [4.78, 5) is 31.3. The minimum Gasteiger partial charge on any atom is -0.463 e. The molecule has 0 saturated heterocycles. The van der Waals surface area contributed by atoms with Gasteiger partial charge in [0.2, 0.25) is 5.76 Å². The number of carbonyl (C=O) groups is 1. The fraction of sp³-hybridized carbons (Fsp3) is 0.158. The number of hydrogen-bond acceptors (Lipinski definition) is 7. The van der Waals surface area contributed by atoms with Gasteiger partial charge in [0.25, 0.3) is 5.56 Å². The van der Waals surface area contributed by atoms with Gasteiger partial charge in [0.15, 0.2) is 10.8 Å². The number of aromatic amines is 1. The number of rotatable bonds is 5. The van der Waals surface area contributed by atoms with Crippen LogP contribution >= 0.6 is 11.8 Å². The topological polar surface area (TPSA) is 103 Å². The minimum absolute atomic E-state index is 0.129. The Morgan fingerprint density at radius 2 is 2.04 bits per heavy atom. The van der Waals surface area contributed by atoms with E-state index in [0.29, 0.717) is 22.0 Å². The molecule has 4 rings (SSSR count). The third kappa shape index (κ3) is 3.31. The van der Waals surface area contributed by atoms with Gasteiger partial charge in [-0.2, -0.15) is 5.10 Å². The lowest BCUT2D eigenvalue weighted by atomic mass is 10.3. The standard InChI is InChI=1S/C19H16N4O4S/c1-11(14-8-9-15(27-14)18(25)26-2)28-19-21-16-13(17(24)22-19)10-20-23(16)12-6-4-3-5-7-12/h3-11H,1-2H3,(H,21,22,24). The number of fused-ring (bicyclic) bond motifs is 1. The maximum Gasteiger partial charge on any atom is 0.373 e. The molecule has 0 spiro atoms. The molecule has 1 atom stereocenters. The summed E-state index contributed by atoms with van der Waals surface area (Å²) in [6.45, 7) is 1.89. The van der Waals surface area contributed by atoms with E-state index < -0.39 is 5.97 Å². The van der Waals surface area contributed by atoms with Gasteiger partial charge in [-0.25, -0.2) is 14.5 Å². The quantitative estimate of drug-likeness (QED) is 0.313. The summed E-state index contributed by atoms with van der Waals surface area (Å²) in [6, 6.07) is 12.7. The zero-order chi connectivity index (χ0) is 19.7. The Bertz CT molecular complexity index is 1200. The predicted octanol–water partition coefficient (Wildman–Crippen LogP) is 3.34. The average molecular weight is 396 g/mol. The van der Waals surface area contributed by atoms with Crippen LogP contribution in [0.25, 0.3) is 16.7 Å². The molecule has 0 aliphatic heterocycles. The van der Waals surface area contributed by atoms with Crippen LogP contribution in [0.5, 0.6) is 0 Å². The molecule has 8 nitrogen and oxygen atoms in total. The van der Waals surface area contributed by atoms with Crippen molar-refractivity contribution < 1.29 is 13.9 Å². The van der Waals surface area contributed by atoms with Gasteiger partial charge in [-0.1, -0.05) is 30.0 Å². The van der Waals surface area contributed by atoms with Crippen molar-refractivity contribution in [1.82, 2.24) is 19.7 Å². The molecule has 0 bridgehead atoms. The van der Waals surface area contributed by atoms with Gasteiger partial charge >= 0.3 is 5.97 Å². The van der Waals surface area contributed by atoms with Crippen LogP contribution in [0, 0.1) is 0 Å². The van der Waals surface area contributed by atoms with Gasteiger partial charge in [-0.3, -0.25) is 4.79 Å². The Hall–Kier alpha value is -3.33. The zero-order valence-corrected chi connectivity index (χ0v) is 15.9. The Balaban J connectivity index is 1.66. The molecular weight excluding hydrogens is 380 g/mol. The van der Waals surface area contributed by atoms with Crippen molar-refractivity contribution in [2.75, 3.05) is 7.11 Å². The van der Waals surface area contributed by atoms with Crippen LogP contribution in [-0.2, 0) is 4.74 Å². The predicted molar refractivity (Wildman–Crippen MR) is 104 cm³/mol. The number of ether oxygens (including phenoxy) is 1. The van der Waals surface area contributed by atoms with E-state index in [-0.39, 0.29) is 16.6 Å². The molecule has 9 heteroatoms. The van der Waals surface area contributed by atoms with Gasteiger partial charge in [0, 0.05) is 0 Å². The van der Waals surface area contributed by atoms with E-state index in [1.54, 1.807) is 16.8 Å². The molecule has 0 aliphatic rings. The zero-order valence-electron chi connectivity index (χ0n) is 15.1. The van der Waals surface area contributed by atoms with E-state index in [9.17, 15) is 9.59 Å². The first-order valence-electron chi connectivity index (χ1n) is 8.45. The Labute approximate surface area is 163 Å². The van der Waals surface area contributed by atoms with Crippen LogP contribution < -0.4 is 5.56 Å². The van der Waals surface area contributed by atoms with Crippen LogP contribution in [0.15, 0.2) is 63.0 Å². The Morgan fingerprint density at radius 1 is 1.25 bits per heavy atom. The SMILES string of the molecule is COC(=O)c1ccc(C(C)Sc2nc3c(cnn3-c3ccccc3)c(=O)[nH]2)o1. The number of nitrogens with zero attached hydrogens (tertiary/aromatic N) is 3. The summed E-state index contributed by atoms with van der Waals surface area (Å²) in [5.74, 6) is 0.164. The average Bonchev–Trinajstić information content (AvgIpc) is 3.36. The van der Waals surface area contributed by atoms with Crippen molar-refractivity contribution in [2.24, 2.45) is 0 Å². The number of aromatic nitrogens is 4. The van der Waals surface area contributed by atoms with Crippen molar-refractivity contribution in [2.45, 2.75) is 17.3 Å². The molecular formula is C19H16N4O4S. The number of methoxy groups -OCH3 is 1. The lowest BCUT2D eigenvalue weighted by molar-refractivity contribution is 0.0563. The van der Waals surface area contributed by atoms with E-state index in [0.717, 1.165) is 5.69 Å². The van der Waals surface area contributed by atoms with Crippen molar-refractivity contribution in [3.8, 4) is 5.69 Å². The first-order chi connectivity index (χ1) is 13.6. The number of esters is 1. The van der Waals surface area contributed by atoms with Crippen LogP contribution in [0.4, 0.5) is 0 Å². The molecule has 3 aromatic heterocycles. The lowest BCUT2D eigenvalue weighted by Crippen LogP contribution is -2.10. The third-order valence-electron chi connectivity index (χ3n) is 4.12. The summed E-state index contributed by atoms with van der Waals surface area (Å²) >= 11 is 1.31. The van der Waals surface area contributed by atoms with Crippen molar-refractivity contribution in [3.05, 3.63) is 70.5 Å². The molecule has 3 heterocycles. The number of nitrogens with one attached hydrogen (secondary N) is 1. The molecule has 0 aliphatic carbocycles. The van der Waals surface area contributed by atoms with E-state index in [2.05, 4.69) is 19.8 Å². The second kappa shape index (κ2) is 7.35. The number of para-hydroxylation sites is 1. The molecule has 1 unspecified atom stereocenters. The highest BCUT2D eigenvalue weighted by Gasteiger charge is 2.19. The van der Waals surface area contributed by atoms with Gasteiger partial charge in [0.1, 0.15) is 11.1 Å². The summed E-state index contributed by atoms with van der Waals surface area (Å²) in [5, 5.41) is 4.94. The second-order valence-corrected chi connectivity index (χ2v) is 7.28. The first kappa shape index (κ1) is 18.1. The highest BCUT2D eigenvalue weighted by atomic mass is 32.2. The fourth-order valence-electron chi connectivity index (χ4n) is 2.72. The fourth-order valence-corrected chi connectivity index (χ4v) is 3.59. The van der Waals surface area contributed by atoms with Crippen molar-refractivity contribution >= 4 is 28.8 Å². The number of H-pyrrole nitrogens is 1. The van der Waals surface area contributed by atoms with Crippen LogP contribution in [0.3, 0.4) is 0 Å². The van der Waals surface area contributed by atoms with Gasteiger partial charge in [-0.05, 0) is 31.2 Å². The molecule has 0 amide bonds. The second-order valence-electron chi connectivity index (χ2n) is 5.95. The van der Waals surface area contributed by atoms with Crippen LogP contribution in [0.2, 0.25) is 0 Å². The largest absolute Gasteiger partial charge is 0.463 e. The highest BCUT2D eigenvalue weighted by Crippen LogP contribution is 2.34. The highest BCUT2D eigenvalue weighted by molar-refractivity contribution is 7.99. The third-order valence-corrected chi connectivity index (χ3v) is 5.12. The molecule has 0 fully saturated rings. The van der Waals surface area contributed by atoms with Gasteiger partial charge < -0.3 is 14.1 Å². The maximum atomic E-state index is 12.4. The minimum atomic E-state index is -0.539. The summed E-state index contributed by atoms with van der Waals surface area (Å²) in [5.41, 5.74) is 1.02. The van der Waals surface area contributed by atoms with E-state index in [1.165, 1.54) is 25.1 Å². The van der Waals surface area contributed by atoms with E-state index in [4.69, 9.17) is 4.42 Å². The summed E-state index contributed by atoms with van der Waals surface area (Å²) < 4.78 is 11.8. The molecule has 1 N–H and O–H groups in total. The lowest BCUT2D eigenvalue weighted by Gasteiger charge is -2.08. The molecule has 4 aromatic rings. The van der Waals surface area contributed by atoms with Crippen LogP contribution in [-0.4, -0.2) is 32.8 Å². The van der Waals surface area contributed by atoms with Crippen molar-refractivity contribution in [3.63, 3.8) is 0 Å².